The van der Waals surface area contributed by atoms with Gasteiger partial charge in [-0.1, -0.05) is 34.6 Å². The van der Waals surface area contributed by atoms with Crippen LogP contribution < -0.4 is 0 Å². The van der Waals surface area contributed by atoms with E-state index in [0.717, 1.165) is 44.3 Å². The molecule has 0 saturated heterocycles. The van der Waals surface area contributed by atoms with Crippen LogP contribution in [-0.2, 0) is 9.53 Å². The first-order valence-electron chi connectivity index (χ1n) is 9.84. The van der Waals surface area contributed by atoms with Gasteiger partial charge in [-0.15, -0.1) is 0 Å². The van der Waals surface area contributed by atoms with E-state index in [4.69, 9.17) is 4.74 Å². The van der Waals surface area contributed by atoms with Gasteiger partial charge < -0.3 is 4.74 Å². The van der Waals surface area contributed by atoms with E-state index in [-0.39, 0.29) is 22.7 Å². The first kappa shape index (κ1) is 20.0. The fourth-order valence-electron chi connectivity index (χ4n) is 4.58. The Morgan fingerprint density at radius 1 is 1.36 bits per heavy atom. The van der Waals surface area contributed by atoms with Crippen molar-refractivity contribution in [3.8, 4) is 6.07 Å². The van der Waals surface area contributed by atoms with Crippen LogP contribution in [0.5, 0.6) is 0 Å². The van der Waals surface area contributed by atoms with Gasteiger partial charge >= 0.3 is 5.97 Å². The second-order valence-electron chi connectivity index (χ2n) is 9.72. The molecule has 1 fully saturated rings. The van der Waals surface area contributed by atoms with Crippen molar-refractivity contribution in [2.45, 2.75) is 87.0 Å². The maximum atomic E-state index is 13.1. The minimum atomic E-state index is -0.515. The highest BCUT2D eigenvalue weighted by Crippen LogP contribution is 2.50. The number of allylic oxidation sites excluding steroid dienone is 2. The van der Waals surface area contributed by atoms with E-state index in [1.54, 1.807) is 0 Å². The van der Waals surface area contributed by atoms with Crippen molar-refractivity contribution in [1.29, 1.82) is 5.26 Å². The van der Waals surface area contributed by atoms with Crippen LogP contribution in [0.4, 0.5) is 0 Å². The van der Waals surface area contributed by atoms with Crippen molar-refractivity contribution in [2.75, 3.05) is 0 Å². The molecule has 0 radical (unpaired) electrons. The van der Waals surface area contributed by atoms with Crippen LogP contribution in [-0.4, -0.2) is 5.97 Å². The van der Waals surface area contributed by atoms with Crippen molar-refractivity contribution in [2.24, 2.45) is 28.1 Å². The van der Waals surface area contributed by atoms with E-state index in [9.17, 15) is 10.1 Å². The van der Waals surface area contributed by atoms with Gasteiger partial charge in [0, 0.05) is 5.92 Å². The van der Waals surface area contributed by atoms with Crippen LogP contribution in [0.25, 0.3) is 0 Å². The zero-order valence-corrected chi connectivity index (χ0v) is 17.2. The zero-order chi connectivity index (χ0) is 19.0. The molecule has 0 aromatic heterocycles. The summed E-state index contributed by atoms with van der Waals surface area (Å²) in [5, 5.41) is 9.77. The third-order valence-corrected chi connectivity index (χ3v) is 7.22. The Morgan fingerprint density at radius 3 is 2.52 bits per heavy atom. The molecular weight excluding hydrogens is 310 g/mol. The number of nitriles is 1. The van der Waals surface area contributed by atoms with E-state index >= 15 is 0 Å². The second kappa shape index (κ2) is 6.78. The van der Waals surface area contributed by atoms with Crippen LogP contribution >= 0.6 is 0 Å². The largest absolute Gasteiger partial charge is 0.430 e. The number of nitrogens with zero attached hydrogens (tertiary/aromatic N) is 1. The SMILES string of the molecule is CCC(C)(C(=O)OC1=C2CCCC(C2)C(C)(C#N)CC1C)C(C)(C)C. The number of hydrogen-bond acceptors (Lipinski definition) is 3. The van der Waals surface area contributed by atoms with E-state index < -0.39 is 5.41 Å². The Kier molecular flexibility index (Phi) is 5.43. The van der Waals surface area contributed by atoms with Crippen molar-refractivity contribution in [3.05, 3.63) is 11.3 Å². The maximum Gasteiger partial charge on any atom is 0.317 e. The summed E-state index contributed by atoms with van der Waals surface area (Å²) in [6.07, 6.45) is 5.65. The highest BCUT2D eigenvalue weighted by atomic mass is 16.5. The van der Waals surface area contributed by atoms with Crippen molar-refractivity contribution in [3.63, 3.8) is 0 Å². The lowest BCUT2D eigenvalue weighted by atomic mass is 9.66. The normalized spacial score (nSPS) is 32.4. The molecule has 0 aromatic rings. The molecular formula is C22H35NO2. The third-order valence-electron chi connectivity index (χ3n) is 7.22. The lowest BCUT2D eigenvalue weighted by molar-refractivity contribution is -0.158. The van der Waals surface area contributed by atoms with Crippen LogP contribution in [0, 0.1) is 39.4 Å². The first-order valence-corrected chi connectivity index (χ1v) is 9.84. The lowest BCUT2D eigenvalue weighted by Gasteiger charge is -2.39. The Balaban J connectivity index is 2.35. The fraction of sp³-hybridized carbons (Fsp3) is 0.818. The van der Waals surface area contributed by atoms with Crippen LogP contribution in [0.1, 0.15) is 87.0 Å². The topological polar surface area (TPSA) is 50.1 Å². The monoisotopic (exact) mass is 345 g/mol. The summed E-state index contributed by atoms with van der Waals surface area (Å²) < 4.78 is 6.12. The summed E-state index contributed by atoms with van der Waals surface area (Å²) in [4.78, 5) is 13.1. The average Bonchev–Trinajstić information content (AvgIpc) is 2.62. The van der Waals surface area contributed by atoms with Crippen LogP contribution in [0.15, 0.2) is 11.3 Å². The highest BCUT2D eigenvalue weighted by Gasteiger charge is 2.47. The maximum absolute atomic E-state index is 13.1. The fourth-order valence-corrected chi connectivity index (χ4v) is 4.58. The quantitative estimate of drug-likeness (QED) is 0.589. The molecule has 0 amide bonds. The molecule has 3 nitrogen and oxygen atoms in total. The highest BCUT2D eigenvalue weighted by molar-refractivity contribution is 5.78. The molecule has 0 N–H and O–H groups in total. The van der Waals surface area contributed by atoms with E-state index in [2.05, 4.69) is 47.6 Å². The van der Waals surface area contributed by atoms with Gasteiger partial charge in [0.25, 0.3) is 0 Å². The smallest absolute Gasteiger partial charge is 0.317 e. The molecule has 2 bridgehead atoms. The van der Waals surface area contributed by atoms with E-state index in [1.807, 2.05) is 6.92 Å². The van der Waals surface area contributed by atoms with Gasteiger partial charge in [0.05, 0.1) is 16.9 Å². The molecule has 4 atom stereocenters. The van der Waals surface area contributed by atoms with Crippen molar-refractivity contribution >= 4 is 5.97 Å². The predicted octanol–water partition coefficient (Wildman–Crippen LogP) is 6.01. The van der Waals surface area contributed by atoms with Crippen molar-refractivity contribution in [1.82, 2.24) is 0 Å². The van der Waals surface area contributed by atoms with Crippen LogP contribution in [0.3, 0.4) is 0 Å². The van der Waals surface area contributed by atoms with Gasteiger partial charge in [0.2, 0.25) is 0 Å². The summed E-state index contributed by atoms with van der Waals surface area (Å²) in [7, 11) is 0. The molecule has 0 aromatic carbocycles. The van der Waals surface area contributed by atoms with Gasteiger partial charge in [-0.05, 0) is 69.3 Å². The van der Waals surface area contributed by atoms with Gasteiger partial charge in [0.1, 0.15) is 5.76 Å². The van der Waals surface area contributed by atoms with Crippen molar-refractivity contribution < 1.29 is 9.53 Å². The van der Waals surface area contributed by atoms with Gasteiger partial charge in [-0.3, -0.25) is 4.79 Å². The molecule has 0 heterocycles. The summed E-state index contributed by atoms with van der Waals surface area (Å²) in [6.45, 7) is 14.6. The average molecular weight is 346 g/mol. The standard InChI is InChI=1S/C22H35NO2/c1-8-22(7,20(3,4)5)19(24)25-18-15(2)13-21(6,14-23)17-11-9-10-16(18)12-17/h15,17H,8-13H2,1-7H3. The molecule has 25 heavy (non-hydrogen) atoms. The first-order chi connectivity index (χ1) is 11.5. The number of rotatable bonds is 3. The molecule has 4 unspecified atom stereocenters. The van der Waals surface area contributed by atoms with Gasteiger partial charge in [-0.25, -0.2) is 0 Å². The molecule has 2 rings (SSSR count). The Labute approximate surface area is 153 Å². The Morgan fingerprint density at radius 2 is 2.00 bits per heavy atom. The Bertz CT molecular complexity index is 606. The summed E-state index contributed by atoms with van der Waals surface area (Å²) in [5.74, 6) is 1.27. The number of fused-ring (bicyclic) bond motifs is 2. The number of carbonyl (C=O) groups excluding carboxylic acids is 1. The molecule has 0 aliphatic heterocycles. The molecule has 2 aliphatic carbocycles. The molecule has 140 valence electrons. The summed E-state index contributed by atoms with van der Waals surface area (Å²) >= 11 is 0. The molecule has 0 spiro atoms. The number of hydrogen-bond donors (Lipinski definition) is 0. The number of esters is 1. The van der Waals surface area contributed by atoms with E-state index in [0.29, 0.717) is 5.92 Å². The Hall–Kier alpha value is -1.30. The summed E-state index contributed by atoms with van der Waals surface area (Å²) in [6, 6.07) is 2.58. The van der Waals surface area contributed by atoms with E-state index in [1.165, 1.54) is 5.57 Å². The van der Waals surface area contributed by atoms with Gasteiger partial charge in [0.15, 0.2) is 0 Å². The minimum absolute atomic E-state index is 0.112. The summed E-state index contributed by atoms with van der Waals surface area (Å²) in [5.41, 5.74) is 0.286. The van der Waals surface area contributed by atoms with Gasteiger partial charge in [-0.2, -0.15) is 5.26 Å². The molecule has 1 saturated carbocycles. The van der Waals surface area contributed by atoms with Crippen LogP contribution in [0.2, 0.25) is 0 Å². The zero-order valence-electron chi connectivity index (χ0n) is 17.2. The third kappa shape index (κ3) is 3.50. The number of ether oxygens (including phenoxy) is 1. The molecule has 2 aliphatic rings. The molecule has 3 heteroatoms. The second-order valence-corrected chi connectivity index (χ2v) is 9.72. The lowest BCUT2D eigenvalue weighted by Crippen LogP contribution is -2.41. The number of carbonyl (C=O) groups is 1. The minimum Gasteiger partial charge on any atom is -0.430 e. The predicted molar refractivity (Wildman–Crippen MR) is 100 cm³/mol.